The Hall–Kier alpha value is -2.92. The van der Waals surface area contributed by atoms with Crippen LogP contribution in [0.5, 0.6) is 5.75 Å². The summed E-state index contributed by atoms with van der Waals surface area (Å²) in [5, 5.41) is 14.9. The summed E-state index contributed by atoms with van der Waals surface area (Å²) in [5.41, 5.74) is 0.566. The van der Waals surface area contributed by atoms with E-state index in [1.807, 2.05) is 42.5 Å². The quantitative estimate of drug-likeness (QED) is 0.592. The molecule has 2 N–H and O–H groups in total. The molecule has 3 aromatic rings. The molecule has 1 unspecified atom stereocenters. The average molecular weight is 367 g/mol. The third-order valence-corrected chi connectivity index (χ3v) is 4.30. The molecule has 4 nitrogen and oxygen atoms in total. The van der Waals surface area contributed by atoms with Crippen LogP contribution in [0, 0.1) is 5.82 Å². The number of rotatable bonds is 8. The van der Waals surface area contributed by atoms with Gasteiger partial charge in [0.25, 0.3) is 0 Å². The molecule has 140 valence electrons. The molecule has 0 heterocycles. The van der Waals surface area contributed by atoms with Crippen LogP contribution in [0.1, 0.15) is 24.5 Å². The number of ether oxygens (including phenoxy) is 1. The minimum Gasteiger partial charge on any atom is -0.493 e. The van der Waals surface area contributed by atoms with Crippen molar-refractivity contribution in [2.24, 2.45) is 0 Å². The molecule has 1 amide bonds. The van der Waals surface area contributed by atoms with E-state index < -0.39 is 6.10 Å². The molecular formula is C22H22FNO3. The van der Waals surface area contributed by atoms with Crippen LogP contribution in [0.3, 0.4) is 0 Å². The Labute approximate surface area is 157 Å². The zero-order chi connectivity index (χ0) is 19.1. The zero-order valence-corrected chi connectivity index (χ0v) is 14.9. The van der Waals surface area contributed by atoms with Gasteiger partial charge in [0.2, 0.25) is 5.91 Å². The minimum atomic E-state index is -0.860. The minimum absolute atomic E-state index is 0.0919. The van der Waals surface area contributed by atoms with Crippen LogP contribution < -0.4 is 10.1 Å². The Morgan fingerprint density at radius 1 is 1.04 bits per heavy atom. The van der Waals surface area contributed by atoms with Crippen LogP contribution in [0.4, 0.5) is 4.39 Å². The molecule has 0 saturated heterocycles. The third-order valence-electron chi connectivity index (χ3n) is 4.30. The van der Waals surface area contributed by atoms with Gasteiger partial charge >= 0.3 is 0 Å². The molecule has 0 radical (unpaired) electrons. The second kappa shape index (κ2) is 9.14. The molecule has 0 aliphatic heterocycles. The van der Waals surface area contributed by atoms with E-state index in [0.717, 1.165) is 16.5 Å². The third kappa shape index (κ3) is 5.28. The summed E-state index contributed by atoms with van der Waals surface area (Å²) in [5.74, 6) is 0.291. The molecule has 0 saturated carbocycles. The fourth-order valence-corrected chi connectivity index (χ4v) is 2.84. The number of aliphatic hydroxyl groups is 1. The predicted molar refractivity (Wildman–Crippen MR) is 103 cm³/mol. The van der Waals surface area contributed by atoms with Gasteiger partial charge in [-0.25, -0.2) is 4.39 Å². The van der Waals surface area contributed by atoms with Crippen LogP contribution in [0.25, 0.3) is 10.8 Å². The van der Waals surface area contributed by atoms with Crippen LogP contribution in [0.15, 0.2) is 66.7 Å². The van der Waals surface area contributed by atoms with Crippen molar-refractivity contribution in [3.8, 4) is 5.75 Å². The lowest BCUT2D eigenvalue weighted by atomic mass is 10.1. The fourth-order valence-electron chi connectivity index (χ4n) is 2.84. The van der Waals surface area contributed by atoms with Gasteiger partial charge in [-0.3, -0.25) is 4.79 Å². The summed E-state index contributed by atoms with van der Waals surface area (Å²) >= 11 is 0. The molecule has 0 bridgehead atoms. The van der Waals surface area contributed by atoms with Gasteiger partial charge in [-0.05, 0) is 35.6 Å². The maximum atomic E-state index is 12.9. The Balaban J connectivity index is 1.40. The van der Waals surface area contributed by atoms with E-state index >= 15 is 0 Å². The number of benzene rings is 3. The number of amides is 1. The number of carbonyl (C=O) groups is 1. The van der Waals surface area contributed by atoms with E-state index in [1.54, 1.807) is 0 Å². The topological polar surface area (TPSA) is 58.6 Å². The highest BCUT2D eigenvalue weighted by Crippen LogP contribution is 2.25. The highest BCUT2D eigenvalue weighted by molar-refractivity contribution is 5.88. The van der Waals surface area contributed by atoms with Gasteiger partial charge in [0.15, 0.2) is 0 Å². The molecule has 5 heteroatoms. The molecule has 0 spiro atoms. The van der Waals surface area contributed by atoms with Crippen LogP contribution >= 0.6 is 0 Å². The second-order valence-corrected chi connectivity index (χ2v) is 6.30. The van der Waals surface area contributed by atoms with Gasteiger partial charge in [-0.2, -0.15) is 0 Å². The first-order valence-corrected chi connectivity index (χ1v) is 8.94. The zero-order valence-electron chi connectivity index (χ0n) is 14.9. The Bertz CT molecular complexity index is 890. The van der Waals surface area contributed by atoms with E-state index in [2.05, 4.69) is 5.32 Å². The van der Waals surface area contributed by atoms with E-state index in [-0.39, 0.29) is 18.3 Å². The van der Waals surface area contributed by atoms with Crippen molar-refractivity contribution in [3.63, 3.8) is 0 Å². The van der Waals surface area contributed by atoms with Gasteiger partial charge in [0, 0.05) is 18.4 Å². The number of nitrogens with one attached hydrogen (secondary N) is 1. The monoisotopic (exact) mass is 367 g/mol. The van der Waals surface area contributed by atoms with Gasteiger partial charge in [0.05, 0.1) is 12.7 Å². The molecule has 0 aromatic heterocycles. The van der Waals surface area contributed by atoms with Gasteiger partial charge < -0.3 is 15.2 Å². The van der Waals surface area contributed by atoms with Crippen molar-refractivity contribution in [1.82, 2.24) is 5.32 Å². The standard InChI is InChI=1S/C22H22FNO3/c23-18-12-10-17(11-13-18)20(25)15-24-22(26)9-4-14-27-21-8-3-6-16-5-1-2-7-19(16)21/h1-3,5-8,10-13,20,25H,4,9,14-15H2,(H,24,26). The molecule has 0 fully saturated rings. The first-order chi connectivity index (χ1) is 13.1. The summed E-state index contributed by atoms with van der Waals surface area (Å²) in [6.07, 6.45) is 0.0178. The largest absolute Gasteiger partial charge is 0.493 e. The van der Waals surface area contributed by atoms with Crippen molar-refractivity contribution in [1.29, 1.82) is 0 Å². The smallest absolute Gasteiger partial charge is 0.220 e. The molecule has 3 rings (SSSR count). The summed E-state index contributed by atoms with van der Waals surface area (Å²) in [7, 11) is 0. The summed E-state index contributed by atoms with van der Waals surface area (Å²) in [6, 6.07) is 19.5. The second-order valence-electron chi connectivity index (χ2n) is 6.30. The Morgan fingerprint density at radius 3 is 2.59 bits per heavy atom. The van der Waals surface area contributed by atoms with Crippen LogP contribution in [0.2, 0.25) is 0 Å². The number of hydrogen-bond donors (Lipinski definition) is 2. The predicted octanol–water partition coefficient (Wildman–Crippen LogP) is 3.99. The van der Waals surface area contributed by atoms with E-state index in [0.29, 0.717) is 25.0 Å². The lowest BCUT2D eigenvalue weighted by molar-refractivity contribution is -0.121. The van der Waals surface area contributed by atoms with Gasteiger partial charge in [-0.15, -0.1) is 0 Å². The normalized spacial score (nSPS) is 11.9. The fraction of sp³-hybridized carbons (Fsp3) is 0.227. The number of halogens is 1. The highest BCUT2D eigenvalue weighted by Gasteiger charge is 2.10. The molecule has 27 heavy (non-hydrogen) atoms. The maximum Gasteiger partial charge on any atom is 0.220 e. The first kappa shape index (κ1) is 18.9. The summed E-state index contributed by atoms with van der Waals surface area (Å²) in [6.45, 7) is 0.524. The number of fused-ring (bicyclic) bond motifs is 1. The number of hydrogen-bond acceptors (Lipinski definition) is 3. The van der Waals surface area contributed by atoms with Crippen molar-refractivity contribution in [2.75, 3.05) is 13.2 Å². The van der Waals surface area contributed by atoms with Crippen molar-refractivity contribution in [3.05, 3.63) is 78.1 Å². The van der Waals surface area contributed by atoms with E-state index in [1.165, 1.54) is 24.3 Å². The first-order valence-electron chi connectivity index (χ1n) is 8.94. The van der Waals surface area contributed by atoms with Crippen molar-refractivity contribution < 1.29 is 19.0 Å². The average Bonchev–Trinajstić information content (AvgIpc) is 2.70. The molecule has 0 aliphatic rings. The summed E-state index contributed by atoms with van der Waals surface area (Å²) < 4.78 is 18.7. The maximum absolute atomic E-state index is 12.9. The lowest BCUT2D eigenvalue weighted by Gasteiger charge is -2.13. The lowest BCUT2D eigenvalue weighted by Crippen LogP contribution is -2.28. The van der Waals surface area contributed by atoms with Crippen LogP contribution in [-0.2, 0) is 4.79 Å². The highest BCUT2D eigenvalue weighted by atomic mass is 19.1. The van der Waals surface area contributed by atoms with Crippen molar-refractivity contribution >= 4 is 16.7 Å². The SMILES string of the molecule is O=C(CCCOc1cccc2ccccc12)NCC(O)c1ccc(F)cc1. The van der Waals surface area contributed by atoms with E-state index in [4.69, 9.17) is 4.74 Å². The van der Waals surface area contributed by atoms with Crippen LogP contribution in [-0.4, -0.2) is 24.2 Å². The van der Waals surface area contributed by atoms with Gasteiger partial charge in [0.1, 0.15) is 11.6 Å². The van der Waals surface area contributed by atoms with Gasteiger partial charge in [-0.1, -0.05) is 48.5 Å². The Kier molecular flexibility index (Phi) is 6.39. The molecule has 1 atom stereocenters. The van der Waals surface area contributed by atoms with Crippen molar-refractivity contribution in [2.45, 2.75) is 18.9 Å². The molecular weight excluding hydrogens is 345 g/mol. The number of aliphatic hydroxyl groups excluding tert-OH is 1. The molecule has 0 aliphatic carbocycles. The van der Waals surface area contributed by atoms with E-state index in [9.17, 15) is 14.3 Å². The number of carbonyl (C=O) groups excluding carboxylic acids is 1. The summed E-state index contributed by atoms with van der Waals surface area (Å²) in [4.78, 5) is 11.9. The molecule has 3 aromatic carbocycles. The Morgan fingerprint density at radius 2 is 1.78 bits per heavy atom.